The molecule has 7 nitrogen and oxygen atoms in total. The molecule has 0 radical (unpaired) electrons. The van der Waals surface area contributed by atoms with Crippen molar-refractivity contribution in [2.75, 3.05) is 26.0 Å². The average Bonchev–Trinajstić information content (AvgIpc) is 3.12. The van der Waals surface area contributed by atoms with Crippen molar-refractivity contribution in [2.24, 2.45) is 4.99 Å². The van der Waals surface area contributed by atoms with E-state index in [2.05, 4.69) is 31.0 Å². The second-order valence-corrected chi connectivity index (χ2v) is 11.6. The number of sulfonamides is 1. The van der Waals surface area contributed by atoms with Crippen molar-refractivity contribution >= 4 is 48.8 Å². The molecule has 0 amide bonds. The van der Waals surface area contributed by atoms with Crippen LogP contribution >= 0.6 is 27.3 Å². The molecule has 0 aliphatic carbocycles. The number of hydrogen-bond donors (Lipinski definition) is 3. The maximum absolute atomic E-state index is 13.6. The van der Waals surface area contributed by atoms with Crippen LogP contribution in [0.15, 0.2) is 43.3 Å². The number of nitrogens with zero attached hydrogens (tertiary/aromatic N) is 2. The molecular formula is C19H24BrF3N4O3S2. The molecule has 1 unspecified atom stereocenters. The quantitative estimate of drug-likeness (QED) is 0.333. The van der Waals surface area contributed by atoms with Crippen LogP contribution in [0.25, 0.3) is 0 Å². The lowest BCUT2D eigenvalue weighted by atomic mass is 10.1. The lowest BCUT2D eigenvalue weighted by Crippen LogP contribution is -2.37. The highest BCUT2D eigenvalue weighted by Gasteiger charge is 2.34. The number of alkyl halides is 3. The highest BCUT2D eigenvalue weighted by Crippen LogP contribution is 2.36. The van der Waals surface area contributed by atoms with Crippen LogP contribution < -0.4 is 10.0 Å². The Kier molecular flexibility index (Phi) is 8.73. The Morgan fingerprint density at radius 1 is 1.28 bits per heavy atom. The maximum Gasteiger partial charge on any atom is 0.418 e. The van der Waals surface area contributed by atoms with Gasteiger partial charge in [-0.2, -0.15) is 13.2 Å². The molecule has 0 bridgehead atoms. The van der Waals surface area contributed by atoms with Crippen LogP contribution in [0.2, 0.25) is 0 Å². The van der Waals surface area contributed by atoms with E-state index < -0.39 is 34.0 Å². The number of halogens is 4. The lowest BCUT2D eigenvalue weighted by Gasteiger charge is -2.20. The molecule has 0 aliphatic heterocycles. The Morgan fingerprint density at radius 2 is 1.94 bits per heavy atom. The first kappa shape index (κ1) is 26.6. The molecule has 1 aromatic carbocycles. The SMILES string of the molecule is CC(=NC(O)c1ccc(NC[C@@H](C)NS(=O)(=O)c2ccc(Br)s2)c(C(F)(F)F)c1)N(C)C. The first-order valence-electron chi connectivity index (χ1n) is 9.33. The monoisotopic (exact) mass is 556 g/mol. The number of aliphatic imine (C=N–C) groups is 1. The van der Waals surface area contributed by atoms with Crippen LogP contribution in [0, 0.1) is 0 Å². The van der Waals surface area contributed by atoms with Crippen LogP contribution in [-0.4, -0.2) is 50.9 Å². The third-order valence-corrected chi connectivity index (χ3v) is 8.08. The smallest absolute Gasteiger partial charge is 0.383 e. The summed E-state index contributed by atoms with van der Waals surface area (Å²) in [6, 6.07) is 5.70. The van der Waals surface area contributed by atoms with E-state index in [1.807, 2.05) is 0 Å². The summed E-state index contributed by atoms with van der Waals surface area (Å²) in [6.45, 7) is 3.08. The van der Waals surface area contributed by atoms with Crippen molar-refractivity contribution in [2.45, 2.75) is 36.5 Å². The van der Waals surface area contributed by atoms with Gasteiger partial charge in [-0.3, -0.25) is 0 Å². The van der Waals surface area contributed by atoms with E-state index in [4.69, 9.17) is 0 Å². The Bertz CT molecular complexity index is 1070. The fourth-order valence-corrected chi connectivity index (χ4v) is 5.82. The summed E-state index contributed by atoms with van der Waals surface area (Å²) >= 11 is 4.22. The molecule has 1 heterocycles. The average molecular weight is 557 g/mol. The van der Waals surface area contributed by atoms with E-state index in [-0.39, 0.29) is 22.0 Å². The summed E-state index contributed by atoms with van der Waals surface area (Å²) in [5, 5.41) is 12.8. The summed E-state index contributed by atoms with van der Waals surface area (Å²) in [6.07, 6.45) is -6.15. The molecule has 0 saturated heterocycles. The largest absolute Gasteiger partial charge is 0.418 e. The first-order chi connectivity index (χ1) is 14.7. The highest BCUT2D eigenvalue weighted by atomic mass is 79.9. The Labute approximate surface area is 197 Å². The minimum atomic E-state index is -4.69. The Balaban J connectivity index is 2.18. The molecule has 0 fully saturated rings. The number of nitrogens with one attached hydrogen (secondary N) is 2. The van der Waals surface area contributed by atoms with Crippen LogP contribution in [-0.2, 0) is 16.2 Å². The van der Waals surface area contributed by atoms with E-state index in [1.165, 1.54) is 25.1 Å². The molecule has 0 saturated carbocycles. The molecule has 0 aliphatic rings. The zero-order valence-corrected chi connectivity index (χ0v) is 21.0. The molecule has 13 heteroatoms. The van der Waals surface area contributed by atoms with Gasteiger partial charge in [-0.25, -0.2) is 18.1 Å². The molecule has 2 rings (SSSR count). The van der Waals surface area contributed by atoms with Crippen LogP contribution in [0.3, 0.4) is 0 Å². The van der Waals surface area contributed by atoms with E-state index in [1.54, 1.807) is 32.0 Å². The van der Waals surface area contributed by atoms with Gasteiger partial charge >= 0.3 is 6.18 Å². The minimum Gasteiger partial charge on any atom is -0.383 e. The molecule has 178 valence electrons. The van der Waals surface area contributed by atoms with Crippen molar-refractivity contribution in [3.8, 4) is 0 Å². The predicted molar refractivity (Wildman–Crippen MR) is 123 cm³/mol. The van der Waals surface area contributed by atoms with Gasteiger partial charge in [0.15, 0.2) is 6.23 Å². The van der Waals surface area contributed by atoms with Gasteiger partial charge in [0.1, 0.15) is 4.21 Å². The number of hydrogen-bond acceptors (Lipinski definition) is 6. The fourth-order valence-electron chi connectivity index (χ4n) is 2.55. The van der Waals surface area contributed by atoms with E-state index in [9.17, 15) is 26.7 Å². The van der Waals surface area contributed by atoms with Gasteiger partial charge in [-0.05, 0) is 54.0 Å². The summed E-state index contributed by atoms with van der Waals surface area (Å²) in [4.78, 5) is 5.60. The van der Waals surface area contributed by atoms with E-state index >= 15 is 0 Å². The summed E-state index contributed by atoms with van der Waals surface area (Å²) in [5.74, 6) is 0.451. The lowest BCUT2D eigenvalue weighted by molar-refractivity contribution is -0.137. The summed E-state index contributed by atoms with van der Waals surface area (Å²) in [7, 11) is -0.392. The van der Waals surface area contributed by atoms with Gasteiger partial charge in [0.2, 0.25) is 10.0 Å². The van der Waals surface area contributed by atoms with Crippen LogP contribution in [0.5, 0.6) is 0 Å². The molecule has 0 spiro atoms. The van der Waals surface area contributed by atoms with Gasteiger partial charge in [0, 0.05) is 37.9 Å². The molecule has 3 N–H and O–H groups in total. The Morgan fingerprint density at radius 3 is 2.47 bits per heavy atom. The van der Waals surface area contributed by atoms with Crippen molar-refractivity contribution in [3.05, 3.63) is 45.2 Å². The molecule has 32 heavy (non-hydrogen) atoms. The third-order valence-electron chi connectivity index (χ3n) is 4.37. The molecule has 2 atom stereocenters. The second-order valence-electron chi connectivity index (χ2n) is 7.21. The predicted octanol–water partition coefficient (Wildman–Crippen LogP) is 4.28. The first-order valence-corrected chi connectivity index (χ1v) is 12.4. The zero-order valence-electron chi connectivity index (χ0n) is 17.7. The molecular weight excluding hydrogens is 533 g/mol. The van der Waals surface area contributed by atoms with E-state index in [0.29, 0.717) is 9.62 Å². The second kappa shape index (κ2) is 10.5. The highest BCUT2D eigenvalue weighted by molar-refractivity contribution is 9.11. The van der Waals surface area contributed by atoms with Gasteiger partial charge in [0.25, 0.3) is 0 Å². The number of thiophene rings is 1. The normalized spacial score (nSPS) is 14.8. The van der Waals surface area contributed by atoms with Crippen molar-refractivity contribution in [1.29, 1.82) is 0 Å². The van der Waals surface area contributed by atoms with Gasteiger partial charge in [0.05, 0.1) is 15.2 Å². The van der Waals surface area contributed by atoms with Crippen molar-refractivity contribution in [3.63, 3.8) is 0 Å². The summed E-state index contributed by atoms with van der Waals surface area (Å²) < 4.78 is 68.8. The number of amidine groups is 1. The van der Waals surface area contributed by atoms with Gasteiger partial charge < -0.3 is 15.3 Å². The number of aliphatic hydroxyl groups is 1. The zero-order chi connectivity index (χ0) is 24.3. The van der Waals surface area contributed by atoms with Crippen LogP contribution in [0.4, 0.5) is 18.9 Å². The maximum atomic E-state index is 13.6. The van der Waals surface area contributed by atoms with Gasteiger partial charge in [-0.1, -0.05) is 6.07 Å². The number of benzene rings is 1. The molecule has 2 aromatic rings. The molecule has 1 aromatic heterocycles. The van der Waals surface area contributed by atoms with E-state index in [0.717, 1.165) is 17.4 Å². The Hall–Kier alpha value is -1.67. The van der Waals surface area contributed by atoms with Crippen molar-refractivity contribution in [1.82, 2.24) is 9.62 Å². The topological polar surface area (TPSA) is 94.0 Å². The number of aliphatic hydroxyl groups excluding tert-OH is 1. The number of rotatable bonds is 8. The van der Waals surface area contributed by atoms with Crippen molar-refractivity contribution < 1.29 is 26.7 Å². The third kappa shape index (κ3) is 7.17. The summed E-state index contributed by atoms with van der Waals surface area (Å²) in [5.41, 5.74) is -1.23. The number of anilines is 1. The fraction of sp³-hybridized carbons (Fsp3) is 0.421. The van der Waals surface area contributed by atoms with Gasteiger partial charge in [-0.15, -0.1) is 11.3 Å². The minimum absolute atomic E-state index is 0.0129. The standard InChI is InChI=1S/C19H24BrF3N4O3S2/c1-11(26-32(29,30)17-8-7-16(20)31-17)10-24-15-6-5-13(9-14(15)19(21,22)23)18(28)25-12(2)27(3)4/h5-9,11,18,24,26,28H,10H2,1-4H3/t11-,18?/m1/s1. The van der Waals surface area contributed by atoms with Crippen LogP contribution in [0.1, 0.15) is 31.2 Å².